The summed E-state index contributed by atoms with van der Waals surface area (Å²) < 4.78 is 1.95. The van der Waals surface area contributed by atoms with Crippen molar-refractivity contribution in [2.75, 3.05) is 0 Å². The van der Waals surface area contributed by atoms with E-state index in [1.165, 1.54) is 6.42 Å². The first kappa shape index (κ1) is 13.6. The number of aliphatic hydroxyl groups is 1. The van der Waals surface area contributed by atoms with Crippen molar-refractivity contribution >= 4 is 0 Å². The minimum atomic E-state index is -0.640. The zero-order chi connectivity index (χ0) is 13.2. The average Bonchev–Trinajstić information content (AvgIpc) is 2.79. The molecule has 3 nitrogen and oxygen atoms in total. The molecule has 102 valence electrons. The zero-order valence-electron chi connectivity index (χ0n) is 11.9. The Labute approximate surface area is 110 Å². The zero-order valence-corrected chi connectivity index (χ0v) is 11.9. The maximum absolute atomic E-state index is 10.9. The molecule has 2 atom stereocenters. The van der Waals surface area contributed by atoms with Crippen LogP contribution in [0.3, 0.4) is 0 Å². The molecule has 0 bridgehead atoms. The van der Waals surface area contributed by atoms with Crippen LogP contribution < -0.4 is 0 Å². The van der Waals surface area contributed by atoms with Gasteiger partial charge in [0, 0.05) is 18.3 Å². The number of nitrogens with zero attached hydrogens (tertiary/aromatic N) is 2. The first-order valence-electron chi connectivity index (χ1n) is 7.30. The Bertz CT molecular complexity index is 386. The predicted octanol–water partition coefficient (Wildman–Crippen LogP) is 3.33. The maximum atomic E-state index is 10.9. The lowest BCUT2D eigenvalue weighted by molar-refractivity contribution is -0.0296. The van der Waals surface area contributed by atoms with Crippen LogP contribution in [0.5, 0.6) is 0 Å². The smallest absolute Gasteiger partial charge is 0.0929 e. The molecule has 0 aromatic carbocycles. The number of hydrogen-bond donors (Lipinski definition) is 1. The van der Waals surface area contributed by atoms with Crippen molar-refractivity contribution < 1.29 is 5.11 Å². The minimum absolute atomic E-state index is 0.637. The molecule has 1 fully saturated rings. The standard InChI is InChI=1S/C15H26N2O/c1-4-8-17-11-14(10-16-17)15(18)7-5-6-13(9-15)12(2)3/h10-13,18H,4-9H2,1-3H3. The van der Waals surface area contributed by atoms with Gasteiger partial charge in [0.25, 0.3) is 0 Å². The van der Waals surface area contributed by atoms with Crippen LogP contribution in [0.25, 0.3) is 0 Å². The van der Waals surface area contributed by atoms with Gasteiger partial charge in [-0.3, -0.25) is 4.68 Å². The van der Waals surface area contributed by atoms with E-state index in [0.717, 1.165) is 37.8 Å². The molecule has 1 N–H and O–H groups in total. The summed E-state index contributed by atoms with van der Waals surface area (Å²) in [5.74, 6) is 1.29. The first-order valence-corrected chi connectivity index (χ1v) is 7.30. The van der Waals surface area contributed by atoms with Crippen LogP contribution in [0.15, 0.2) is 12.4 Å². The SMILES string of the molecule is CCCn1cc(C2(O)CCCC(C(C)C)C2)cn1. The third kappa shape index (κ3) is 2.77. The summed E-state index contributed by atoms with van der Waals surface area (Å²) in [4.78, 5) is 0. The summed E-state index contributed by atoms with van der Waals surface area (Å²) in [6, 6.07) is 0. The Morgan fingerprint density at radius 1 is 1.56 bits per heavy atom. The maximum Gasteiger partial charge on any atom is 0.0929 e. The Hall–Kier alpha value is -0.830. The summed E-state index contributed by atoms with van der Waals surface area (Å²) in [7, 11) is 0. The van der Waals surface area contributed by atoms with Crippen molar-refractivity contribution in [3.05, 3.63) is 18.0 Å². The normalized spacial score (nSPS) is 28.8. The van der Waals surface area contributed by atoms with Crippen molar-refractivity contribution in [1.82, 2.24) is 9.78 Å². The van der Waals surface area contributed by atoms with Gasteiger partial charge in [-0.15, -0.1) is 0 Å². The third-order valence-corrected chi connectivity index (χ3v) is 4.33. The molecule has 0 amide bonds. The van der Waals surface area contributed by atoms with Crippen LogP contribution in [0, 0.1) is 11.8 Å². The second-order valence-corrected chi connectivity index (χ2v) is 6.12. The van der Waals surface area contributed by atoms with Crippen LogP contribution in [-0.2, 0) is 12.1 Å². The number of rotatable bonds is 4. The number of aromatic nitrogens is 2. The van der Waals surface area contributed by atoms with Gasteiger partial charge in [-0.1, -0.05) is 20.8 Å². The lowest BCUT2D eigenvalue weighted by atomic mass is 9.71. The molecule has 3 heteroatoms. The molecule has 0 saturated heterocycles. The first-order chi connectivity index (χ1) is 8.55. The van der Waals surface area contributed by atoms with Gasteiger partial charge in [0.2, 0.25) is 0 Å². The van der Waals surface area contributed by atoms with Crippen molar-refractivity contribution in [3.63, 3.8) is 0 Å². The average molecular weight is 250 g/mol. The topological polar surface area (TPSA) is 38.0 Å². The molecule has 18 heavy (non-hydrogen) atoms. The molecule has 0 aliphatic heterocycles. The molecule has 1 heterocycles. The van der Waals surface area contributed by atoms with Gasteiger partial charge < -0.3 is 5.11 Å². The fourth-order valence-corrected chi connectivity index (χ4v) is 3.08. The van der Waals surface area contributed by atoms with Crippen LogP contribution in [0.1, 0.15) is 58.4 Å². The highest BCUT2D eigenvalue weighted by Crippen LogP contribution is 2.42. The molecule has 0 spiro atoms. The Balaban J connectivity index is 2.13. The largest absolute Gasteiger partial charge is 0.385 e. The highest BCUT2D eigenvalue weighted by molar-refractivity contribution is 5.16. The highest BCUT2D eigenvalue weighted by atomic mass is 16.3. The van der Waals surface area contributed by atoms with E-state index in [2.05, 4.69) is 25.9 Å². The molecular formula is C15H26N2O. The van der Waals surface area contributed by atoms with Crippen LogP contribution >= 0.6 is 0 Å². The summed E-state index contributed by atoms with van der Waals surface area (Å²) in [6.07, 6.45) is 9.12. The molecular weight excluding hydrogens is 224 g/mol. The summed E-state index contributed by atoms with van der Waals surface area (Å²) in [5, 5.41) is 15.2. The van der Waals surface area contributed by atoms with Crippen molar-refractivity contribution in [3.8, 4) is 0 Å². The molecule has 1 aliphatic rings. The molecule has 1 saturated carbocycles. The molecule has 2 rings (SSSR count). The van der Waals surface area contributed by atoms with Crippen LogP contribution in [0.4, 0.5) is 0 Å². The van der Waals surface area contributed by atoms with E-state index in [-0.39, 0.29) is 0 Å². The fourth-order valence-electron chi connectivity index (χ4n) is 3.08. The Kier molecular flexibility index (Phi) is 4.10. The molecule has 2 unspecified atom stereocenters. The van der Waals surface area contributed by atoms with Gasteiger partial charge in [-0.05, 0) is 43.9 Å². The Morgan fingerprint density at radius 2 is 2.33 bits per heavy atom. The van der Waals surface area contributed by atoms with Gasteiger partial charge in [-0.25, -0.2) is 0 Å². The van der Waals surface area contributed by atoms with Gasteiger partial charge >= 0.3 is 0 Å². The minimum Gasteiger partial charge on any atom is -0.385 e. The van der Waals surface area contributed by atoms with E-state index in [1.807, 2.05) is 17.1 Å². The van der Waals surface area contributed by atoms with E-state index >= 15 is 0 Å². The van der Waals surface area contributed by atoms with Gasteiger partial charge in [0.1, 0.15) is 0 Å². The van der Waals surface area contributed by atoms with Crippen LogP contribution in [-0.4, -0.2) is 14.9 Å². The van der Waals surface area contributed by atoms with E-state index in [4.69, 9.17) is 0 Å². The second kappa shape index (κ2) is 5.43. The van der Waals surface area contributed by atoms with E-state index in [0.29, 0.717) is 11.8 Å². The monoisotopic (exact) mass is 250 g/mol. The molecule has 1 aromatic heterocycles. The van der Waals surface area contributed by atoms with Crippen molar-refractivity contribution in [2.24, 2.45) is 11.8 Å². The van der Waals surface area contributed by atoms with Gasteiger partial charge in [0.15, 0.2) is 0 Å². The highest BCUT2D eigenvalue weighted by Gasteiger charge is 2.37. The third-order valence-electron chi connectivity index (χ3n) is 4.33. The molecule has 1 aromatic rings. The van der Waals surface area contributed by atoms with E-state index in [1.54, 1.807) is 0 Å². The van der Waals surface area contributed by atoms with Gasteiger partial charge in [-0.2, -0.15) is 5.10 Å². The lowest BCUT2D eigenvalue weighted by Crippen LogP contribution is -2.34. The quantitative estimate of drug-likeness (QED) is 0.890. The number of hydrogen-bond acceptors (Lipinski definition) is 2. The molecule has 1 aliphatic carbocycles. The second-order valence-electron chi connectivity index (χ2n) is 6.12. The van der Waals surface area contributed by atoms with Crippen LogP contribution in [0.2, 0.25) is 0 Å². The summed E-state index contributed by atoms with van der Waals surface area (Å²) >= 11 is 0. The molecule has 0 radical (unpaired) electrons. The lowest BCUT2D eigenvalue weighted by Gasteiger charge is -2.38. The van der Waals surface area contributed by atoms with Gasteiger partial charge in [0.05, 0.1) is 11.8 Å². The fraction of sp³-hybridized carbons (Fsp3) is 0.800. The van der Waals surface area contributed by atoms with Crippen molar-refractivity contribution in [2.45, 2.75) is 65.0 Å². The summed E-state index contributed by atoms with van der Waals surface area (Å²) in [5.41, 5.74) is 0.375. The summed E-state index contributed by atoms with van der Waals surface area (Å²) in [6.45, 7) is 7.60. The number of aryl methyl sites for hydroxylation is 1. The van der Waals surface area contributed by atoms with Crippen molar-refractivity contribution in [1.29, 1.82) is 0 Å². The Morgan fingerprint density at radius 3 is 3.00 bits per heavy atom. The van der Waals surface area contributed by atoms with E-state index < -0.39 is 5.60 Å². The predicted molar refractivity (Wildman–Crippen MR) is 73.2 cm³/mol. The van der Waals surface area contributed by atoms with E-state index in [9.17, 15) is 5.11 Å².